The van der Waals surface area contributed by atoms with Crippen molar-refractivity contribution >= 4 is 39.2 Å². The number of methoxy groups -OCH3 is 1. The monoisotopic (exact) mass is 438 g/mol. The van der Waals surface area contributed by atoms with E-state index in [1.807, 2.05) is 0 Å². The molecule has 0 aliphatic rings. The molecule has 1 amide bonds. The van der Waals surface area contributed by atoms with Crippen LogP contribution in [0.1, 0.15) is 40.1 Å². The number of hydrogen-bond donors (Lipinski definition) is 1. The Morgan fingerprint density at radius 2 is 1.76 bits per heavy atom. The molecule has 0 unspecified atom stereocenters. The smallest absolute Gasteiger partial charge is 0.339 e. The van der Waals surface area contributed by atoms with Crippen molar-refractivity contribution < 1.29 is 22.7 Å². The molecule has 9 heteroatoms. The van der Waals surface area contributed by atoms with Gasteiger partial charge in [0.25, 0.3) is 5.91 Å². The van der Waals surface area contributed by atoms with Crippen LogP contribution >= 0.6 is 11.6 Å². The lowest BCUT2D eigenvalue weighted by Gasteiger charge is -2.20. The molecule has 0 saturated heterocycles. The van der Waals surface area contributed by atoms with Crippen molar-refractivity contribution in [2.45, 2.75) is 25.7 Å². The number of hydrogen-bond acceptors (Lipinski definition) is 5. The maximum absolute atomic E-state index is 12.9. The molecule has 156 valence electrons. The molecule has 29 heavy (non-hydrogen) atoms. The Morgan fingerprint density at radius 3 is 2.34 bits per heavy atom. The fourth-order valence-electron chi connectivity index (χ4n) is 2.79. The largest absolute Gasteiger partial charge is 0.465 e. The van der Waals surface area contributed by atoms with E-state index in [4.69, 9.17) is 11.6 Å². The Balaban J connectivity index is 2.37. The van der Waals surface area contributed by atoms with Crippen molar-refractivity contribution in [2.24, 2.45) is 0 Å². The van der Waals surface area contributed by atoms with Crippen LogP contribution in [0.15, 0.2) is 41.3 Å². The van der Waals surface area contributed by atoms with Gasteiger partial charge < -0.3 is 10.1 Å². The minimum Gasteiger partial charge on any atom is -0.465 e. The highest BCUT2D eigenvalue weighted by Crippen LogP contribution is 2.24. The van der Waals surface area contributed by atoms with Crippen LogP contribution in [0.4, 0.5) is 5.69 Å². The number of aryl methyl sites for hydroxylation is 1. The molecular formula is C20H23ClN2O5S. The molecule has 7 nitrogen and oxygen atoms in total. The molecule has 2 aromatic rings. The minimum atomic E-state index is -3.71. The van der Waals surface area contributed by atoms with E-state index in [1.54, 1.807) is 32.9 Å². The lowest BCUT2D eigenvalue weighted by atomic mass is 10.1. The van der Waals surface area contributed by atoms with Gasteiger partial charge >= 0.3 is 5.97 Å². The van der Waals surface area contributed by atoms with Crippen molar-refractivity contribution in [1.29, 1.82) is 0 Å². The van der Waals surface area contributed by atoms with E-state index in [-0.39, 0.29) is 21.0 Å². The van der Waals surface area contributed by atoms with Gasteiger partial charge in [0, 0.05) is 24.3 Å². The van der Waals surface area contributed by atoms with Crippen LogP contribution in [0.25, 0.3) is 0 Å². The number of carbonyl (C=O) groups is 2. The zero-order valence-corrected chi connectivity index (χ0v) is 18.2. The second-order valence-electron chi connectivity index (χ2n) is 6.21. The van der Waals surface area contributed by atoms with E-state index in [9.17, 15) is 18.0 Å². The Morgan fingerprint density at radius 1 is 1.10 bits per heavy atom. The van der Waals surface area contributed by atoms with E-state index in [1.165, 1.54) is 35.7 Å². The van der Waals surface area contributed by atoms with Gasteiger partial charge in [-0.25, -0.2) is 13.2 Å². The van der Waals surface area contributed by atoms with Crippen LogP contribution in [0, 0.1) is 6.92 Å². The molecule has 2 aromatic carbocycles. The molecular weight excluding hydrogens is 416 g/mol. The van der Waals surface area contributed by atoms with Gasteiger partial charge in [-0.05, 0) is 42.8 Å². The number of esters is 1. The maximum Gasteiger partial charge on any atom is 0.339 e. The summed E-state index contributed by atoms with van der Waals surface area (Å²) < 4.78 is 31.7. The fourth-order valence-corrected chi connectivity index (χ4v) is 4.70. The molecule has 1 N–H and O–H groups in total. The van der Waals surface area contributed by atoms with E-state index < -0.39 is 21.9 Å². The Kier molecular flexibility index (Phi) is 7.40. The maximum atomic E-state index is 12.9. The van der Waals surface area contributed by atoms with Crippen LogP contribution in [0.3, 0.4) is 0 Å². The van der Waals surface area contributed by atoms with Crippen molar-refractivity contribution in [2.75, 3.05) is 25.5 Å². The summed E-state index contributed by atoms with van der Waals surface area (Å²) in [5.74, 6) is -1.15. The quantitative estimate of drug-likeness (QED) is 0.665. The van der Waals surface area contributed by atoms with Gasteiger partial charge in [0.05, 0.1) is 22.6 Å². The van der Waals surface area contributed by atoms with Gasteiger partial charge in [-0.2, -0.15) is 4.31 Å². The lowest BCUT2D eigenvalue weighted by Crippen LogP contribution is -2.31. The van der Waals surface area contributed by atoms with Crippen LogP contribution < -0.4 is 5.32 Å². The number of ether oxygens (including phenoxy) is 1. The van der Waals surface area contributed by atoms with Crippen LogP contribution in [-0.4, -0.2) is 44.8 Å². The second kappa shape index (κ2) is 9.39. The van der Waals surface area contributed by atoms with Crippen molar-refractivity contribution in [1.82, 2.24) is 4.31 Å². The Hall–Kier alpha value is -2.42. The van der Waals surface area contributed by atoms with E-state index in [2.05, 4.69) is 10.1 Å². The van der Waals surface area contributed by atoms with E-state index in [0.717, 1.165) is 0 Å². The third kappa shape index (κ3) is 4.95. The summed E-state index contributed by atoms with van der Waals surface area (Å²) in [7, 11) is -2.48. The summed E-state index contributed by atoms with van der Waals surface area (Å²) in [6.45, 7) is 5.85. The summed E-state index contributed by atoms with van der Waals surface area (Å²) in [6.07, 6.45) is 0. The molecule has 0 aliphatic carbocycles. The SMILES string of the molecule is CCN(CC)S(=O)(=O)c1cc(C(=O)Nc2ccc(Cl)c(C(=O)OC)c2)ccc1C. The zero-order chi connectivity index (χ0) is 21.8. The molecule has 0 radical (unpaired) electrons. The number of carbonyl (C=O) groups excluding carboxylic acids is 2. The molecule has 2 rings (SSSR count). The summed E-state index contributed by atoms with van der Waals surface area (Å²) >= 11 is 5.98. The molecule has 0 bridgehead atoms. The number of nitrogens with zero attached hydrogens (tertiary/aromatic N) is 1. The van der Waals surface area contributed by atoms with Crippen LogP contribution in [0.5, 0.6) is 0 Å². The normalized spacial score (nSPS) is 11.4. The fraction of sp³-hybridized carbons (Fsp3) is 0.300. The number of amides is 1. The van der Waals surface area contributed by atoms with Crippen LogP contribution in [-0.2, 0) is 14.8 Å². The first-order valence-electron chi connectivity index (χ1n) is 8.95. The third-order valence-electron chi connectivity index (χ3n) is 4.40. The van der Waals surface area contributed by atoms with Gasteiger partial charge in [0.15, 0.2) is 0 Å². The molecule has 0 heterocycles. The number of anilines is 1. The molecule has 0 aromatic heterocycles. The predicted octanol–water partition coefficient (Wildman–Crippen LogP) is 3.72. The van der Waals surface area contributed by atoms with Crippen LogP contribution in [0.2, 0.25) is 5.02 Å². The summed E-state index contributed by atoms with van der Waals surface area (Å²) in [6, 6.07) is 8.89. The van der Waals surface area contributed by atoms with Gasteiger partial charge in [0.2, 0.25) is 10.0 Å². The third-order valence-corrected chi connectivity index (χ3v) is 6.92. The highest BCUT2D eigenvalue weighted by Gasteiger charge is 2.25. The Labute approximate surface area is 175 Å². The van der Waals surface area contributed by atoms with Gasteiger partial charge in [-0.3, -0.25) is 4.79 Å². The highest BCUT2D eigenvalue weighted by molar-refractivity contribution is 7.89. The number of nitrogens with one attached hydrogen (secondary N) is 1. The minimum absolute atomic E-state index is 0.0835. The summed E-state index contributed by atoms with van der Waals surface area (Å²) in [5, 5.41) is 2.84. The lowest BCUT2D eigenvalue weighted by molar-refractivity contribution is 0.0600. The van der Waals surface area contributed by atoms with Crippen molar-refractivity contribution in [3.8, 4) is 0 Å². The summed E-state index contributed by atoms with van der Waals surface area (Å²) in [4.78, 5) is 24.5. The molecule has 0 fully saturated rings. The topological polar surface area (TPSA) is 92.8 Å². The number of benzene rings is 2. The first kappa shape index (κ1) is 22.9. The van der Waals surface area contributed by atoms with E-state index >= 15 is 0 Å². The standard InChI is InChI=1S/C20H23ClN2O5S/c1-5-23(6-2)29(26,27)18-11-14(8-7-13(18)3)19(24)22-15-9-10-17(21)16(12-15)20(25)28-4/h7-12H,5-6H2,1-4H3,(H,22,24). The molecule has 0 aliphatic heterocycles. The second-order valence-corrected chi connectivity index (χ2v) is 8.52. The number of halogens is 1. The van der Waals surface area contributed by atoms with Crippen molar-refractivity contribution in [3.05, 3.63) is 58.1 Å². The predicted molar refractivity (Wildman–Crippen MR) is 112 cm³/mol. The number of rotatable bonds is 7. The van der Waals surface area contributed by atoms with E-state index in [0.29, 0.717) is 24.3 Å². The number of sulfonamides is 1. The molecule has 0 atom stereocenters. The van der Waals surface area contributed by atoms with Gasteiger partial charge in [-0.1, -0.05) is 31.5 Å². The summed E-state index contributed by atoms with van der Waals surface area (Å²) in [5.41, 5.74) is 1.16. The first-order chi connectivity index (χ1) is 13.6. The average Bonchev–Trinajstić information content (AvgIpc) is 2.69. The Bertz CT molecular complexity index is 1030. The van der Waals surface area contributed by atoms with Gasteiger partial charge in [0.1, 0.15) is 0 Å². The molecule has 0 spiro atoms. The first-order valence-corrected chi connectivity index (χ1v) is 10.8. The average molecular weight is 439 g/mol. The zero-order valence-electron chi connectivity index (χ0n) is 16.7. The van der Waals surface area contributed by atoms with Gasteiger partial charge in [-0.15, -0.1) is 0 Å². The molecule has 0 saturated carbocycles. The van der Waals surface area contributed by atoms with Crippen molar-refractivity contribution in [3.63, 3.8) is 0 Å². The highest BCUT2D eigenvalue weighted by atomic mass is 35.5.